The lowest BCUT2D eigenvalue weighted by Gasteiger charge is -2.36. The molecule has 0 aliphatic carbocycles. The predicted octanol–water partition coefficient (Wildman–Crippen LogP) is 2.52. The fraction of sp³-hybridized carbons (Fsp3) is 0.556. The van der Waals surface area contributed by atoms with Gasteiger partial charge in [0, 0.05) is 32.1 Å². The van der Waals surface area contributed by atoms with Gasteiger partial charge in [0.05, 0.1) is 12.0 Å². The zero-order valence-electron chi connectivity index (χ0n) is 14.9. The summed E-state index contributed by atoms with van der Waals surface area (Å²) in [4.78, 5) is 25.8. The van der Waals surface area contributed by atoms with E-state index in [0.29, 0.717) is 13.1 Å². The first-order chi connectivity index (χ1) is 12.3. The molecule has 1 fully saturated rings. The Morgan fingerprint density at radius 1 is 1.22 bits per heavy atom. The van der Waals surface area contributed by atoms with E-state index in [4.69, 9.17) is 5.73 Å². The van der Waals surface area contributed by atoms with Crippen LogP contribution < -0.4 is 11.1 Å². The number of nitrogens with zero attached hydrogens (tertiary/aromatic N) is 1. The van der Waals surface area contributed by atoms with Crippen molar-refractivity contribution in [3.8, 4) is 0 Å². The molecule has 0 aromatic heterocycles. The largest absolute Gasteiger partial charge is 0.416 e. The van der Waals surface area contributed by atoms with Gasteiger partial charge in [0.25, 0.3) is 0 Å². The van der Waals surface area contributed by atoms with Crippen LogP contribution >= 0.6 is 12.4 Å². The van der Waals surface area contributed by atoms with Crippen molar-refractivity contribution in [2.24, 2.45) is 5.73 Å². The zero-order chi connectivity index (χ0) is 19.2. The Hall–Kier alpha value is -1.80. The van der Waals surface area contributed by atoms with E-state index >= 15 is 0 Å². The van der Waals surface area contributed by atoms with Crippen LogP contribution in [-0.4, -0.2) is 42.4 Å². The van der Waals surface area contributed by atoms with Crippen molar-refractivity contribution in [3.05, 3.63) is 35.4 Å². The number of hydrogen-bond acceptors (Lipinski definition) is 3. The second-order valence-corrected chi connectivity index (χ2v) is 6.41. The number of carbonyl (C=O) groups is 2. The van der Waals surface area contributed by atoms with Gasteiger partial charge in [-0.25, -0.2) is 0 Å². The highest BCUT2D eigenvalue weighted by Gasteiger charge is 2.34. The Morgan fingerprint density at radius 3 is 2.59 bits per heavy atom. The van der Waals surface area contributed by atoms with Crippen molar-refractivity contribution < 1.29 is 22.8 Å². The van der Waals surface area contributed by atoms with Gasteiger partial charge >= 0.3 is 6.18 Å². The molecule has 2 rings (SSSR count). The first-order valence-corrected chi connectivity index (χ1v) is 8.74. The number of nitrogens with two attached hydrogens (primary N) is 1. The van der Waals surface area contributed by atoms with Crippen LogP contribution in [0.15, 0.2) is 24.3 Å². The van der Waals surface area contributed by atoms with E-state index in [2.05, 4.69) is 5.32 Å². The first kappa shape index (κ1) is 23.2. The molecule has 9 heteroatoms. The number of carbonyl (C=O) groups excluding carboxylic acids is 2. The zero-order valence-corrected chi connectivity index (χ0v) is 15.7. The summed E-state index contributed by atoms with van der Waals surface area (Å²) >= 11 is 0. The number of rotatable bonds is 6. The van der Waals surface area contributed by atoms with E-state index in [1.807, 2.05) is 0 Å². The van der Waals surface area contributed by atoms with Crippen LogP contribution in [0.1, 0.15) is 36.8 Å². The molecule has 5 nitrogen and oxygen atoms in total. The molecule has 1 heterocycles. The molecule has 27 heavy (non-hydrogen) atoms. The van der Waals surface area contributed by atoms with Crippen LogP contribution in [-0.2, 0) is 22.2 Å². The Bertz CT molecular complexity index is 641. The maximum atomic E-state index is 13.1. The van der Waals surface area contributed by atoms with Gasteiger partial charge in [0.2, 0.25) is 11.8 Å². The fourth-order valence-corrected chi connectivity index (χ4v) is 3.21. The number of likely N-dealkylation sites (tertiary alicyclic amines) is 1. The van der Waals surface area contributed by atoms with Gasteiger partial charge in [0.1, 0.15) is 0 Å². The number of halogens is 4. The second-order valence-electron chi connectivity index (χ2n) is 6.41. The van der Waals surface area contributed by atoms with Crippen LogP contribution in [0.3, 0.4) is 0 Å². The van der Waals surface area contributed by atoms with Gasteiger partial charge in [-0.1, -0.05) is 18.2 Å². The SMILES string of the molecule is Cl.NCCC(=O)NCC1CCCCN1C(=O)Cc1ccccc1C(F)(F)F. The third kappa shape index (κ3) is 6.70. The van der Waals surface area contributed by atoms with E-state index in [-0.39, 0.29) is 55.2 Å². The minimum Gasteiger partial charge on any atom is -0.354 e. The van der Waals surface area contributed by atoms with Gasteiger partial charge in [-0.3, -0.25) is 9.59 Å². The van der Waals surface area contributed by atoms with E-state index in [0.717, 1.165) is 25.3 Å². The summed E-state index contributed by atoms with van der Waals surface area (Å²) in [6.07, 6.45) is -2.15. The summed E-state index contributed by atoms with van der Waals surface area (Å²) in [5.41, 5.74) is 4.53. The molecule has 1 unspecified atom stereocenters. The lowest BCUT2D eigenvalue weighted by molar-refractivity contribution is -0.139. The smallest absolute Gasteiger partial charge is 0.354 e. The number of hydrogen-bond donors (Lipinski definition) is 2. The predicted molar refractivity (Wildman–Crippen MR) is 98.4 cm³/mol. The number of nitrogens with one attached hydrogen (secondary N) is 1. The summed E-state index contributed by atoms with van der Waals surface area (Å²) in [6, 6.07) is 4.94. The Labute approximate surface area is 162 Å². The van der Waals surface area contributed by atoms with Gasteiger partial charge in [-0.2, -0.15) is 13.2 Å². The van der Waals surface area contributed by atoms with E-state index in [1.165, 1.54) is 18.2 Å². The maximum Gasteiger partial charge on any atom is 0.416 e. The summed E-state index contributed by atoms with van der Waals surface area (Å²) in [6.45, 7) is 1.03. The minimum atomic E-state index is -4.49. The minimum absolute atomic E-state index is 0. The van der Waals surface area contributed by atoms with Gasteiger partial charge in [-0.15, -0.1) is 12.4 Å². The van der Waals surface area contributed by atoms with Crippen LogP contribution in [0.5, 0.6) is 0 Å². The third-order valence-electron chi connectivity index (χ3n) is 4.52. The molecule has 1 aromatic carbocycles. The second kappa shape index (κ2) is 10.5. The topological polar surface area (TPSA) is 75.4 Å². The van der Waals surface area contributed by atoms with Crippen molar-refractivity contribution in [2.45, 2.75) is 44.3 Å². The average molecular weight is 408 g/mol. The molecular weight excluding hydrogens is 383 g/mol. The van der Waals surface area contributed by atoms with E-state index < -0.39 is 11.7 Å². The van der Waals surface area contributed by atoms with Crippen molar-refractivity contribution in [3.63, 3.8) is 0 Å². The lowest BCUT2D eigenvalue weighted by atomic mass is 9.99. The third-order valence-corrected chi connectivity index (χ3v) is 4.52. The maximum absolute atomic E-state index is 13.1. The Balaban J connectivity index is 0.00000364. The number of piperidine rings is 1. The van der Waals surface area contributed by atoms with Gasteiger partial charge in [-0.05, 0) is 30.9 Å². The van der Waals surface area contributed by atoms with Crippen LogP contribution in [0, 0.1) is 0 Å². The van der Waals surface area contributed by atoms with Gasteiger partial charge < -0.3 is 16.0 Å². The van der Waals surface area contributed by atoms with E-state index in [1.54, 1.807) is 4.90 Å². The van der Waals surface area contributed by atoms with E-state index in [9.17, 15) is 22.8 Å². The standard InChI is InChI=1S/C18H24F3N3O2.ClH/c19-18(20,21)15-7-2-1-5-13(15)11-17(26)24-10-4-3-6-14(24)12-23-16(25)8-9-22;/h1-2,5,7,14H,3-4,6,8-12,22H2,(H,23,25);1H. The molecule has 1 aromatic rings. The summed E-state index contributed by atoms with van der Waals surface area (Å²) in [7, 11) is 0. The van der Waals surface area contributed by atoms with Crippen molar-refractivity contribution in [1.82, 2.24) is 10.2 Å². The quantitative estimate of drug-likeness (QED) is 0.760. The molecular formula is C18H25ClF3N3O2. The summed E-state index contributed by atoms with van der Waals surface area (Å²) < 4.78 is 39.4. The molecule has 0 bridgehead atoms. The number of benzene rings is 1. The first-order valence-electron chi connectivity index (χ1n) is 8.74. The Kier molecular flexibility index (Phi) is 9.05. The van der Waals surface area contributed by atoms with Gasteiger partial charge in [0.15, 0.2) is 0 Å². The lowest BCUT2D eigenvalue weighted by Crippen LogP contribution is -2.50. The number of amides is 2. The highest BCUT2D eigenvalue weighted by atomic mass is 35.5. The monoisotopic (exact) mass is 407 g/mol. The molecule has 1 saturated heterocycles. The molecule has 1 aliphatic heterocycles. The summed E-state index contributed by atoms with van der Waals surface area (Å²) in [5, 5.41) is 2.74. The molecule has 0 saturated carbocycles. The fourth-order valence-electron chi connectivity index (χ4n) is 3.21. The molecule has 152 valence electrons. The molecule has 0 radical (unpaired) electrons. The number of alkyl halides is 3. The molecule has 2 amide bonds. The van der Waals surface area contributed by atoms with Crippen molar-refractivity contribution in [2.75, 3.05) is 19.6 Å². The molecule has 1 atom stereocenters. The normalized spacial score (nSPS) is 17.2. The van der Waals surface area contributed by atoms with Crippen LogP contribution in [0.25, 0.3) is 0 Å². The highest BCUT2D eigenvalue weighted by molar-refractivity contribution is 5.85. The van der Waals surface area contributed by atoms with Crippen LogP contribution in [0.4, 0.5) is 13.2 Å². The average Bonchev–Trinajstić information content (AvgIpc) is 2.60. The molecule has 0 spiro atoms. The molecule has 3 N–H and O–H groups in total. The van der Waals surface area contributed by atoms with Crippen LogP contribution in [0.2, 0.25) is 0 Å². The van der Waals surface area contributed by atoms with Crippen molar-refractivity contribution >= 4 is 24.2 Å². The van der Waals surface area contributed by atoms with Crippen molar-refractivity contribution in [1.29, 1.82) is 0 Å². The molecule has 1 aliphatic rings. The summed E-state index contributed by atoms with van der Waals surface area (Å²) in [5.74, 6) is -0.535. The Morgan fingerprint density at radius 2 is 1.93 bits per heavy atom. The highest BCUT2D eigenvalue weighted by Crippen LogP contribution is 2.32.